The topological polar surface area (TPSA) is 198 Å². The highest BCUT2D eigenvalue weighted by molar-refractivity contribution is 5.89. The number of piperidine rings is 1. The Bertz CT molecular complexity index is 2710. The number of imidazole rings is 2. The Morgan fingerprint density at radius 3 is 2.00 bits per heavy atom. The van der Waals surface area contributed by atoms with Gasteiger partial charge in [-0.1, -0.05) is 104 Å². The van der Waals surface area contributed by atoms with Gasteiger partial charge in [-0.25, -0.2) is 19.6 Å². The van der Waals surface area contributed by atoms with Gasteiger partial charge in [0.25, 0.3) is 0 Å². The van der Waals surface area contributed by atoms with E-state index in [0.29, 0.717) is 49.4 Å². The number of aliphatic hydroxyl groups is 1. The number of nitrogens with one attached hydrogen (secondary N) is 5. The molecule has 2 fully saturated rings. The van der Waals surface area contributed by atoms with Crippen LogP contribution in [0.1, 0.15) is 103 Å². The van der Waals surface area contributed by atoms with E-state index in [9.17, 15) is 24.3 Å². The van der Waals surface area contributed by atoms with Crippen molar-refractivity contribution in [3.05, 3.63) is 155 Å². The number of urea groups is 1. The zero-order valence-electron chi connectivity index (χ0n) is 38.3. The number of alkyl carbamates (subject to hydrolysis) is 1. The Kier molecular flexibility index (Phi) is 15.3. The van der Waals surface area contributed by atoms with Crippen molar-refractivity contribution >= 4 is 23.9 Å². The van der Waals surface area contributed by atoms with Crippen molar-refractivity contribution in [2.24, 2.45) is 0 Å². The third kappa shape index (κ3) is 11.6. The third-order valence-electron chi connectivity index (χ3n) is 12.5. The van der Waals surface area contributed by atoms with Crippen LogP contribution in [0.2, 0.25) is 0 Å². The first-order valence-corrected chi connectivity index (χ1v) is 23.2. The monoisotopic (exact) mass is 915 g/mol. The summed E-state index contributed by atoms with van der Waals surface area (Å²) in [6.07, 6.45) is 6.81. The Balaban J connectivity index is 0.834. The Morgan fingerprint density at radius 1 is 0.765 bits per heavy atom. The summed E-state index contributed by atoms with van der Waals surface area (Å²) in [4.78, 5) is 72.2. The highest BCUT2D eigenvalue weighted by atomic mass is 16.5. The number of H-pyrrole nitrogens is 2. The van der Waals surface area contributed by atoms with E-state index in [2.05, 4.69) is 49.7 Å². The molecule has 4 heterocycles. The lowest BCUT2D eigenvalue weighted by Crippen LogP contribution is -2.51. The molecular weight excluding hydrogens is 859 g/mol. The maximum atomic E-state index is 14.3. The number of rotatable bonds is 14. The summed E-state index contributed by atoms with van der Waals surface area (Å²) in [6, 6.07) is 31.9. The molecule has 5 amide bonds. The molecule has 15 nitrogen and oxygen atoms in total. The molecule has 68 heavy (non-hydrogen) atoms. The average Bonchev–Trinajstić information content (AvgIpc) is 4.19. The van der Waals surface area contributed by atoms with Crippen LogP contribution in [0.25, 0.3) is 22.5 Å². The number of hydrogen-bond acceptors (Lipinski definition) is 8. The minimum Gasteiger partial charge on any atom is -0.453 e. The van der Waals surface area contributed by atoms with E-state index < -0.39 is 24.3 Å². The number of β-amino-alcohol motifs (C(OH)–C–C–N with tert-alkyl or cyclic N) is 1. The maximum Gasteiger partial charge on any atom is 0.407 e. The highest BCUT2D eigenvalue weighted by Gasteiger charge is 2.38. The number of benzene rings is 4. The summed E-state index contributed by atoms with van der Waals surface area (Å²) in [5, 5.41) is 18.7. The summed E-state index contributed by atoms with van der Waals surface area (Å²) in [7, 11) is 1.26. The fourth-order valence-corrected chi connectivity index (χ4v) is 8.75. The van der Waals surface area contributed by atoms with Gasteiger partial charge in [0.15, 0.2) is 0 Å². The molecule has 2 saturated heterocycles. The molecule has 0 saturated carbocycles. The van der Waals surface area contributed by atoms with E-state index in [0.717, 1.165) is 65.1 Å². The smallest absolute Gasteiger partial charge is 0.407 e. The lowest BCUT2D eigenvalue weighted by molar-refractivity contribution is -0.134. The Hall–Kier alpha value is -7.70. The van der Waals surface area contributed by atoms with Gasteiger partial charge in [0, 0.05) is 43.2 Å². The van der Waals surface area contributed by atoms with Crippen LogP contribution in [0.5, 0.6) is 0 Å². The summed E-state index contributed by atoms with van der Waals surface area (Å²) >= 11 is 0. The molecule has 15 heteroatoms. The summed E-state index contributed by atoms with van der Waals surface area (Å²) in [5.41, 5.74) is 6.76. The zero-order chi connectivity index (χ0) is 47.4. The van der Waals surface area contributed by atoms with Gasteiger partial charge in [-0.3, -0.25) is 9.59 Å². The molecule has 0 aliphatic carbocycles. The number of aromatic nitrogens is 4. The number of likely N-dealkylation sites (tertiary alicyclic amines) is 2. The van der Waals surface area contributed by atoms with Gasteiger partial charge >= 0.3 is 12.1 Å². The fourth-order valence-electron chi connectivity index (χ4n) is 8.75. The van der Waals surface area contributed by atoms with Crippen molar-refractivity contribution < 1.29 is 29.0 Å². The minimum absolute atomic E-state index is 0.126. The average molecular weight is 916 g/mol. The van der Waals surface area contributed by atoms with E-state index >= 15 is 0 Å². The molecule has 0 unspecified atom stereocenters. The third-order valence-corrected chi connectivity index (χ3v) is 12.5. The molecule has 5 atom stereocenters. The van der Waals surface area contributed by atoms with Crippen molar-refractivity contribution in [1.82, 2.24) is 45.7 Å². The summed E-state index contributed by atoms with van der Waals surface area (Å²) in [6.45, 7) is 3.86. The van der Waals surface area contributed by atoms with Crippen LogP contribution in [0.15, 0.2) is 122 Å². The van der Waals surface area contributed by atoms with Crippen molar-refractivity contribution in [2.75, 3.05) is 33.3 Å². The van der Waals surface area contributed by atoms with Crippen LogP contribution >= 0.6 is 0 Å². The van der Waals surface area contributed by atoms with Gasteiger partial charge in [0.2, 0.25) is 11.8 Å². The van der Waals surface area contributed by atoms with Gasteiger partial charge in [0.1, 0.15) is 23.7 Å². The first-order valence-electron chi connectivity index (χ1n) is 23.2. The lowest BCUT2D eigenvalue weighted by Gasteiger charge is -2.33. The molecular formula is C53H57N9O6. The molecule has 0 spiro atoms. The van der Waals surface area contributed by atoms with Gasteiger partial charge in [0.05, 0.1) is 43.0 Å². The zero-order valence-corrected chi connectivity index (χ0v) is 38.3. The summed E-state index contributed by atoms with van der Waals surface area (Å²) < 4.78 is 4.72. The SMILES string of the molecule is COC(=O)N[C@@H](C(=O)NCCC[C@H](C)c1ncc(-c2ccc(C#Cc3ccc(-c4cnc([C@@H]5CCCN5C(=O)[C@H](NC(=O)N5CCC[C@H](O)C5)c5ccccc5)[nH]4)cc3)cc2)[nH]1)c1ccccc1. The number of nitrogens with zero attached hydrogens (tertiary/aromatic N) is 4. The van der Waals surface area contributed by atoms with Gasteiger partial charge in [-0.2, -0.15) is 0 Å². The van der Waals surface area contributed by atoms with E-state index in [1.54, 1.807) is 23.2 Å². The number of aromatic amines is 2. The van der Waals surface area contributed by atoms with E-state index in [4.69, 9.17) is 9.72 Å². The largest absolute Gasteiger partial charge is 0.453 e. The fraction of sp³-hybridized carbons (Fsp3) is 0.321. The predicted molar refractivity (Wildman–Crippen MR) is 258 cm³/mol. The molecule has 0 radical (unpaired) electrons. The standard InChI is InChI=1S/C53H57N9O6/c1-35(12-9-29-54-50(64)46(60-53(67)68-2)40-13-5-3-6-14-40)48-55-32-43(57-48)38-25-21-36(22-26-38)19-20-37-23-27-39(28-24-37)44-33-56-49(58-44)45-18-11-31-62(45)51(65)47(41-15-7-4-8-16-41)59-52(66)61-30-10-17-42(63)34-61/h3-8,13-16,21-28,32-33,35,42,45-47,63H,9-12,17-18,29-31,34H2,1-2H3,(H,54,64)(H,55,57)(H,56,58)(H,59,66)(H,60,67)/t35-,42-,45-,46+,47+/m0/s1. The van der Waals surface area contributed by atoms with Crippen LogP contribution < -0.4 is 16.0 Å². The van der Waals surface area contributed by atoms with Crippen molar-refractivity contribution in [2.45, 2.75) is 75.6 Å². The van der Waals surface area contributed by atoms with Crippen LogP contribution in [-0.2, 0) is 14.3 Å². The van der Waals surface area contributed by atoms with Gasteiger partial charge in [-0.05, 0) is 85.0 Å². The molecule has 350 valence electrons. The van der Waals surface area contributed by atoms with Gasteiger partial charge in [-0.15, -0.1) is 0 Å². The molecule has 4 aromatic carbocycles. The summed E-state index contributed by atoms with van der Waals surface area (Å²) in [5.74, 6) is 7.72. The van der Waals surface area contributed by atoms with Crippen LogP contribution in [-0.4, -0.2) is 98.2 Å². The number of carbonyl (C=O) groups is 4. The maximum absolute atomic E-state index is 14.3. The van der Waals surface area contributed by atoms with Crippen molar-refractivity contribution in [3.8, 4) is 34.4 Å². The van der Waals surface area contributed by atoms with Crippen LogP contribution in [0, 0.1) is 11.8 Å². The Morgan fingerprint density at radius 2 is 1.37 bits per heavy atom. The number of aliphatic hydroxyl groups excluding tert-OH is 1. The highest BCUT2D eigenvalue weighted by Crippen LogP contribution is 2.34. The Labute approximate surface area is 396 Å². The molecule has 8 rings (SSSR count). The lowest BCUT2D eigenvalue weighted by atomic mass is 10.0. The van der Waals surface area contributed by atoms with Crippen LogP contribution in [0.4, 0.5) is 9.59 Å². The van der Waals surface area contributed by atoms with Crippen molar-refractivity contribution in [3.63, 3.8) is 0 Å². The second-order valence-electron chi connectivity index (χ2n) is 17.3. The number of amides is 5. The minimum atomic E-state index is -0.878. The molecule has 6 N–H and O–H groups in total. The quantitative estimate of drug-likeness (QED) is 0.0476. The van der Waals surface area contributed by atoms with Crippen LogP contribution in [0.3, 0.4) is 0 Å². The first kappa shape index (κ1) is 46.8. The van der Waals surface area contributed by atoms with E-state index in [1.165, 1.54) is 7.11 Å². The number of ether oxygens (including phenoxy) is 1. The van der Waals surface area contributed by atoms with E-state index in [-0.39, 0.29) is 36.3 Å². The first-order chi connectivity index (χ1) is 33.1. The number of methoxy groups -OCH3 is 1. The second kappa shape index (κ2) is 22.2. The number of carbonyl (C=O) groups excluding carboxylic acids is 4. The van der Waals surface area contributed by atoms with E-state index in [1.807, 2.05) is 108 Å². The molecule has 6 aromatic rings. The normalized spacial score (nSPS) is 17.0. The molecule has 2 aliphatic rings. The second-order valence-corrected chi connectivity index (χ2v) is 17.3. The van der Waals surface area contributed by atoms with Crippen molar-refractivity contribution in [1.29, 1.82) is 0 Å². The molecule has 0 bridgehead atoms. The number of hydrogen-bond donors (Lipinski definition) is 6. The molecule has 2 aliphatic heterocycles. The van der Waals surface area contributed by atoms with Gasteiger partial charge < -0.3 is 45.6 Å². The predicted octanol–water partition coefficient (Wildman–Crippen LogP) is 7.53. The molecule has 2 aromatic heterocycles.